The van der Waals surface area contributed by atoms with Crippen LogP contribution >= 0.6 is 0 Å². The minimum Gasteiger partial charge on any atom is -0.411 e. The van der Waals surface area contributed by atoms with Gasteiger partial charge in [-0.15, -0.1) is 0 Å². The molecule has 0 aromatic heterocycles. The fourth-order valence-corrected chi connectivity index (χ4v) is 5.63. The molecule has 3 rings (SSSR count). The SMILES string of the molecule is CC(C)S(=O)(=O)CC1CCC(C(=O)Cc2ccc3c(c2)CCC3=NO)CC1. The minimum absolute atomic E-state index is 0.0471. The number of fused-ring (bicyclic) bond motifs is 1. The number of benzene rings is 1. The Labute approximate surface area is 161 Å². The largest absolute Gasteiger partial charge is 0.411 e. The van der Waals surface area contributed by atoms with Crippen molar-refractivity contribution in [3.8, 4) is 0 Å². The van der Waals surface area contributed by atoms with Gasteiger partial charge in [-0.05, 0) is 69.4 Å². The van der Waals surface area contributed by atoms with Gasteiger partial charge < -0.3 is 5.21 Å². The average molecular weight is 392 g/mol. The molecule has 6 heteroatoms. The average Bonchev–Trinajstić information content (AvgIpc) is 3.04. The quantitative estimate of drug-likeness (QED) is 0.594. The predicted octanol–water partition coefficient (Wildman–Crippen LogP) is 3.55. The van der Waals surface area contributed by atoms with Gasteiger partial charge in [0.2, 0.25) is 0 Å². The van der Waals surface area contributed by atoms with E-state index in [0.29, 0.717) is 6.42 Å². The highest BCUT2D eigenvalue weighted by atomic mass is 32.2. The standard InChI is InChI=1S/C21H29NO4S/c1-14(2)27(25,26)13-15-3-6-17(7-4-15)21(23)12-16-5-9-19-18(11-16)8-10-20(19)22-24/h5,9,11,14-15,17,24H,3-4,6-8,10,12-13H2,1-2H3. The summed E-state index contributed by atoms with van der Waals surface area (Å²) in [6.45, 7) is 3.47. The lowest BCUT2D eigenvalue weighted by Crippen LogP contribution is -2.29. The molecule has 0 bridgehead atoms. The maximum Gasteiger partial charge on any atom is 0.152 e. The van der Waals surface area contributed by atoms with Crippen LogP contribution in [-0.2, 0) is 27.5 Å². The minimum atomic E-state index is -3.01. The van der Waals surface area contributed by atoms with Gasteiger partial charge in [0.15, 0.2) is 9.84 Å². The lowest BCUT2D eigenvalue weighted by atomic mass is 9.79. The number of rotatable bonds is 6. The van der Waals surface area contributed by atoms with Crippen molar-refractivity contribution in [2.45, 2.75) is 64.0 Å². The lowest BCUT2D eigenvalue weighted by Gasteiger charge is -2.28. The summed E-state index contributed by atoms with van der Waals surface area (Å²) in [5.74, 6) is 0.753. The number of nitrogens with zero attached hydrogens (tertiary/aromatic N) is 1. The second-order valence-electron chi connectivity index (χ2n) is 8.28. The van der Waals surface area contributed by atoms with Crippen LogP contribution in [-0.4, -0.2) is 36.1 Å². The second kappa shape index (κ2) is 8.13. The Morgan fingerprint density at radius 3 is 2.52 bits per heavy atom. The van der Waals surface area contributed by atoms with E-state index in [1.54, 1.807) is 13.8 Å². The van der Waals surface area contributed by atoms with E-state index in [4.69, 9.17) is 5.21 Å². The molecule has 1 saturated carbocycles. The maximum absolute atomic E-state index is 12.7. The Kier molecular flexibility index (Phi) is 6.04. The first-order chi connectivity index (χ1) is 12.8. The Bertz CT molecular complexity index is 834. The summed E-state index contributed by atoms with van der Waals surface area (Å²) in [4.78, 5) is 12.7. The van der Waals surface area contributed by atoms with Crippen LogP contribution in [0, 0.1) is 11.8 Å². The van der Waals surface area contributed by atoms with Crippen LogP contribution in [0.5, 0.6) is 0 Å². The highest BCUT2D eigenvalue weighted by molar-refractivity contribution is 7.91. The van der Waals surface area contributed by atoms with Gasteiger partial charge in [-0.1, -0.05) is 23.4 Å². The molecule has 5 nitrogen and oxygen atoms in total. The molecule has 27 heavy (non-hydrogen) atoms. The topological polar surface area (TPSA) is 83.8 Å². The van der Waals surface area contributed by atoms with Crippen LogP contribution in [0.15, 0.2) is 23.4 Å². The number of aryl methyl sites for hydroxylation is 1. The lowest BCUT2D eigenvalue weighted by molar-refractivity contribution is -0.123. The molecule has 1 aromatic rings. The van der Waals surface area contributed by atoms with E-state index in [1.807, 2.05) is 12.1 Å². The van der Waals surface area contributed by atoms with Crippen molar-refractivity contribution in [2.24, 2.45) is 17.0 Å². The van der Waals surface area contributed by atoms with Gasteiger partial charge in [-0.3, -0.25) is 4.79 Å². The highest BCUT2D eigenvalue weighted by Crippen LogP contribution is 2.32. The third-order valence-corrected chi connectivity index (χ3v) is 8.47. The molecule has 1 aromatic carbocycles. The summed E-state index contributed by atoms with van der Waals surface area (Å²) in [6, 6.07) is 5.97. The summed E-state index contributed by atoms with van der Waals surface area (Å²) in [6.07, 6.45) is 5.26. The molecule has 0 unspecified atom stereocenters. The molecule has 2 aliphatic rings. The van der Waals surface area contributed by atoms with Crippen molar-refractivity contribution in [3.05, 3.63) is 34.9 Å². The zero-order valence-corrected chi connectivity index (χ0v) is 17.0. The zero-order valence-electron chi connectivity index (χ0n) is 16.1. The molecule has 0 heterocycles. The van der Waals surface area contributed by atoms with Gasteiger partial charge in [0.05, 0.1) is 16.7 Å². The van der Waals surface area contributed by atoms with E-state index in [2.05, 4.69) is 11.2 Å². The first kappa shape index (κ1) is 20.1. The smallest absolute Gasteiger partial charge is 0.152 e. The van der Waals surface area contributed by atoms with Gasteiger partial charge in [-0.2, -0.15) is 0 Å². The molecule has 0 atom stereocenters. The maximum atomic E-state index is 12.7. The van der Waals surface area contributed by atoms with E-state index in [1.165, 1.54) is 0 Å². The van der Waals surface area contributed by atoms with E-state index in [0.717, 1.165) is 60.9 Å². The Hall–Kier alpha value is -1.69. The van der Waals surface area contributed by atoms with Crippen molar-refractivity contribution >= 4 is 21.3 Å². The third kappa shape index (κ3) is 4.60. The van der Waals surface area contributed by atoms with Crippen molar-refractivity contribution < 1.29 is 18.4 Å². The molecule has 0 radical (unpaired) electrons. The van der Waals surface area contributed by atoms with Crippen LogP contribution in [0.4, 0.5) is 0 Å². The first-order valence-electron chi connectivity index (χ1n) is 9.87. The Morgan fingerprint density at radius 1 is 1.19 bits per heavy atom. The summed E-state index contributed by atoms with van der Waals surface area (Å²) in [5, 5.41) is 12.0. The molecule has 0 amide bonds. The Morgan fingerprint density at radius 2 is 1.89 bits per heavy atom. The predicted molar refractivity (Wildman–Crippen MR) is 106 cm³/mol. The molecule has 0 saturated heterocycles. The Balaban J connectivity index is 1.55. The van der Waals surface area contributed by atoms with Gasteiger partial charge >= 0.3 is 0 Å². The first-order valence-corrected chi connectivity index (χ1v) is 11.6. The fourth-order valence-electron chi connectivity index (χ4n) is 4.25. The number of oxime groups is 1. The van der Waals surface area contributed by atoms with Crippen LogP contribution in [0.25, 0.3) is 0 Å². The van der Waals surface area contributed by atoms with E-state index in [-0.39, 0.29) is 28.6 Å². The van der Waals surface area contributed by atoms with Crippen molar-refractivity contribution in [3.63, 3.8) is 0 Å². The monoisotopic (exact) mass is 391 g/mol. The normalized spacial score (nSPS) is 24.3. The molecule has 1 fully saturated rings. The van der Waals surface area contributed by atoms with Gasteiger partial charge in [0.1, 0.15) is 5.78 Å². The third-order valence-electron chi connectivity index (χ3n) is 6.10. The van der Waals surface area contributed by atoms with Crippen LogP contribution < -0.4 is 0 Å². The molecule has 0 spiro atoms. The number of hydrogen-bond donors (Lipinski definition) is 1. The van der Waals surface area contributed by atoms with Gasteiger partial charge in [0, 0.05) is 17.9 Å². The zero-order chi connectivity index (χ0) is 19.6. The van der Waals surface area contributed by atoms with Gasteiger partial charge in [-0.25, -0.2) is 8.42 Å². The molecular formula is C21H29NO4S. The number of carbonyl (C=O) groups is 1. The highest BCUT2D eigenvalue weighted by Gasteiger charge is 2.30. The molecule has 148 valence electrons. The van der Waals surface area contributed by atoms with E-state index >= 15 is 0 Å². The summed E-state index contributed by atoms with van der Waals surface area (Å²) in [7, 11) is -3.01. The van der Waals surface area contributed by atoms with Crippen LogP contribution in [0.1, 0.15) is 62.6 Å². The number of ketones is 1. The van der Waals surface area contributed by atoms with E-state index in [9.17, 15) is 13.2 Å². The summed E-state index contributed by atoms with van der Waals surface area (Å²) in [5.41, 5.74) is 3.87. The summed E-state index contributed by atoms with van der Waals surface area (Å²) < 4.78 is 24.2. The number of sulfone groups is 1. The molecule has 0 aliphatic heterocycles. The van der Waals surface area contributed by atoms with Crippen molar-refractivity contribution in [1.82, 2.24) is 0 Å². The number of carbonyl (C=O) groups excluding carboxylic acids is 1. The number of Topliss-reactive ketones (excluding diaryl/α,β-unsaturated/α-hetero) is 1. The van der Waals surface area contributed by atoms with Crippen molar-refractivity contribution in [1.29, 1.82) is 0 Å². The molecular weight excluding hydrogens is 362 g/mol. The molecule has 1 N–H and O–H groups in total. The van der Waals surface area contributed by atoms with Crippen LogP contribution in [0.3, 0.4) is 0 Å². The summed E-state index contributed by atoms with van der Waals surface area (Å²) >= 11 is 0. The molecule has 2 aliphatic carbocycles. The van der Waals surface area contributed by atoms with Crippen LogP contribution in [0.2, 0.25) is 0 Å². The fraction of sp³-hybridized carbons (Fsp3) is 0.619. The van der Waals surface area contributed by atoms with Crippen molar-refractivity contribution in [2.75, 3.05) is 5.75 Å². The number of hydrogen-bond acceptors (Lipinski definition) is 5. The second-order valence-corrected chi connectivity index (χ2v) is 10.9. The van der Waals surface area contributed by atoms with E-state index < -0.39 is 9.84 Å². The van der Waals surface area contributed by atoms with Gasteiger partial charge in [0.25, 0.3) is 0 Å².